The Kier molecular flexibility index (Phi) is 4.44. The van der Waals surface area contributed by atoms with Crippen LogP contribution >= 0.6 is 0 Å². The minimum Gasteiger partial charge on any atom is -0.491 e. The molecule has 1 aliphatic carbocycles. The molecule has 0 radical (unpaired) electrons. The number of fused-ring (bicyclic) bond motifs is 1. The summed E-state index contributed by atoms with van der Waals surface area (Å²) in [6.07, 6.45) is 6.96. The zero-order chi connectivity index (χ0) is 18.1. The van der Waals surface area contributed by atoms with E-state index < -0.39 is 6.17 Å². The van der Waals surface area contributed by atoms with Crippen LogP contribution in [0.5, 0.6) is 5.75 Å². The van der Waals surface area contributed by atoms with Crippen LogP contribution < -0.4 is 10.1 Å². The SMILES string of the molecule is CC(C)Oc1ccn2c(-c3nccc(N[C@H]4CCC[C@@H]4F)n3)cnc2c1. The fraction of sp³-hybridized carbons (Fsp3) is 0.421. The summed E-state index contributed by atoms with van der Waals surface area (Å²) in [5, 5.41) is 3.20. The van der Waals surface area contributed by atoms with Crippen molar-refractivity contribution in [3.8, 4) is 17.3 Å². The van der Waals surface area contributed by atoms with E-state index in [1.54, 1.807) is 18.5 Å². The molecule has 0 bridgehead atoms. The van der Waals surface area contributed by atoms with Gasteiger partial charge in [-0.1, -0.05) is 0 Å². The number of ether oxygens (including phenoxy) is 1. The second kappa shape index (κ2) is 6.90. The Bertz CT molecular complexity index is 910. The summed E-state index contributed by atoms with van der Waals surface area (Å²) < 4.78 is 21.5. The van der Waals surface area contributed by atoms with Gasteiger partial charge in [0, 0.05) is 18.5 Å². The molecule has 7 heteroatoms. The molecule has 3 aromatic rings. The van der Waals surface area contributed by atoms with Gasteiger partial charge in [-0.2, -0.15) is 0 Å². The van der Waals surface area contributed by atoms with Crippen LogP contribution in [0.2, 0.25) is 0 Å². The van der Waals surface area contributed by atoms with Gasteiger partial charge >= 0.3 is 0 Å². The van der Waals surface area contributed by atoms with Crippen LogP contribution in [-0.4, -0.2) is 37.7 Å². The van der Waals surface area contributed by atoms with Gasteiger partial charge in [0.05, 0.1) is 18.3 Å². The molecule has 0 aliphatic heterocycles. The molecule has 1 N–H and O–H groups in total. The molecular weight excluding hydrogens is 333 g/mol. The predicted octanol–water partition coefficient (Wildman–Crippen LogP) is 3.88. The lowest BCUT2D eigenvalue weighted by Crippen LogP contribution is -2.25. The topological polar surface area (TPSA) is 64.3 Å². The minimum absolute atomic E-state index is 0.105. The number of imidazole rings is 1. The number of rotatable bonds is 5. The Morgan fingerprint density at radius 1 is 1.27 bits per heavy atom. The molecule has 3 aromatic heterocycles. The monoisotopic (exact) mass is 355 g/mol. The molecule has 26 heavy (non-hydrogen) atoms. The van der Waals surface area contributed by atoms with E-state index >= 15 is 0 Å². The molecule has 2 atom stereocenters. The number of pyridine rings is 1. The van der Waals surface area contributed by atoms with Gasteiger partial charge in [-0.3, -0.25) is 4.40 Å². The van der Waals surface area contributed by atoms with Crippen LogP contribution in [0.25, 0.3) is 17.2 Å². The van der Waals surface area contributed by atoms with Crippen LogP contribution in [0.3, 0.4) is 0 Å². The second-order valence-electron chi connectivity index (χ2n) is 6.86. The van der Waals surface area contributed by atoms with Gasteiger partial charge in [0.1, 0.15) is 29.1 Å². The number of aromatic nitrogens is 4. The van der Waals surface area contributed by atoms with Gasteiger partial charge in [-0.15, -0.1) is 0 Å². The summed E-state index contributed by atoms with van der Waals surface area (Å²) >= 11 is 0. The van der Waals surface area contributed by atoms with Gasteiger partial charge in [0.15, 0.2) is 5.82 Å². The summed E-state index contributed by atoms with van der Waals surface area (Å²) in [7, 11) is 0. The zero-order valence-electron chi connectivity index (χ0n) is 14.9. The highest BCUT2D eigenvalue weighted by atomic mass is 19.1. The first-order chi connectivity index (χ1) is 12.6. The maximum Gasteiger partial charge on any atom is 0.180 e. The molecule has 0 unspecified atom stereocenters. The number of nitrogens with zero attached hydrogens (tertiary/aromatic N) is 4. The Morgan fingerprint density at radius 3 is 2.92 bits per heavy atom. The van der Waals surface area contributed by atoms with Crippen LogP contribution in [0.4, 0.5) is 10.2 Å². The molecular formula is C19H22FN5O. The van der Waals surface area contributed by atoms with Gasteiger partial charge in [0.2, 0.25) is 0 Å². The average Bonchev–Trinajstić information content (AvgIpc) is 3.21. The molecule has 0 saturated heterocycles. The summed E-state index contributed by atoms with van der Waals surface area (Å²) in [5.41, 5.74) is 1.54. The van der Waals surface area contributed by atoms with Gasteiger partial charge < -0.3 is 10.1 Å². The highest BCUT2D eigenvalue weighted by Crippen LogP contribution is 2.26. The van der Waals surface area contributed by atoms with Crippen molar-refractivity contribution in [1.29, 1.82) is 0 Å². The quantitative estimate of drug-likeness (QED) is 0.752. The number of hydrogen-bond donors (Lipinski definition) is 1. The van der Waals surface area contributed by atoms with Crippen LogP contribution in [0.1, 0.15) is 33.1 Å². The van der Waals surface area contributed by atoms with Gasteiger partial charge in [-0.25, -0.2) is 19.3 Å². The summed E-state index contributed by atoms with van der Waals surface area (Å²) in [5.74, 6) is 1.96. The smallest absolute Gasteiger partial charge is 0.180 e. The predicted molar refractivity (Wildman–Crippen MR) is 98.1 cm³/mol. The molecule has 0 amide bonds. The van der Waals surface area contributed by atoms with E-state index in [0.29, 0.717) is 18.1 Å². The molecule has 136 valence electrons. The average molecular weight is 355 g/mol. The van der Waals surface area contributed by atoms with E-state index in [2.05, 4.69) is 20.3 Å². The minimum atomic E-state index is -0.816. The molecule has 1 saturated carbocycles. The maximum atomic E-state index is 13.9. The largest absolute Gasteiger partial charge is 0.491 e. The van der Waals surface area contributed by atoms with Crippen LogP contribution in [0, 0.1) is 0 Å². The number of halogens is 1. The third-order valence-electron chi connectivity index (χ3n) is 4.51. The zero-order valence-corrected chi connectivity index (χ0v) is 14.9. The Balaban J connectivity index is 1.62. The van der Waals surface area contributed by atoms with Crippen molar-refractivity contribution in [2.24, 2.45) is 0 Å². The van der Waals surface area contributed by atoms with Crippen LogP contribution in [-0.2, 0) is 0 Å². The van der Waals surface area contributed by atoms with Gasteiger partial charge in [-0.05, 0) is 45.2 Å². The molecule has 1 fully saturated rings. The summed E-state index contributed by atoms with van der Waals surface area (Å²) in [6.45, 7) is 3.97. The summed E-state index contributed by atoms with van der Waals surface area (Å²) in [4.78, 5) is 13.3. The molecule has 1 aliphatic rings. The molecule has 0 aromatic carbocycles. The van der Waals surface area contributed by atoms with Crippen molar-refractivity contribution in [1.82, 2.24) is 19.4 Å². The van der Waals surface area contributed by atoms with Gasteiger partial charge in [0.25, 0.3) is 0 Å². The van der Waals surface area contributed by atoms with E-state index in [-0.39, 0.29) is 12.1 Å². The second-order valence-corrected chi connectivity index (χ2v) is 6.86. The standard InChI is InChI=1S/C19H22FN5O/c1-12(2)26-13-7-9-25-16(11-22-18(25)10-13)19-21-8-6-17(24-19)23-15-5-3-4-14(15)20/h6-12,14-15H,3-5H2,1-2H3,(H,21,23,24)/t14-,15-/m0/s1. The van der Waals surface area contributed by atoms with Crippen molar-refractivity contribution in [2.45, 2.75) is 51.4 Å². The molecule has 3 heterocycles. The number of anilines is 1. The number of alkyl halides is 1. The maximum absolute atomic E-state index is 13.9. The fourth-order valence-corrected chi connectivity index (χ4v) is 3.30. The highest BCUT2D eigenvalue weighted by molar-refractivity contribution is 5.59. The Labute approximate surface area is 151 Å². The lowest BCUT2D eigenvalue weighted by molar-refractivity contribution is 0.242. The Morgan fingerprint density at radius 2 is 2.15 bits per heavy atom. The fourth-order valence-electron chi connectivity index (χ4n) is 3.30. The molecule has 0 spiro atoms. The Hall–Kier alpha value is -2.70. The van der Waals surface area contributed by atoms with E-state index in [9.17, 15) is 4.39 Å². The third-order valence-corrected chi connectivity index (χ3v) is 4.51. The first-order valence-corrected chi connectivity index (χ1v) is 8.98. The number of hydrogen-bond acceptors (Lipinski definition) is 5. The molecule has 4 rings (SSSR count). The normalized spacial score (nSPS) is 20.0. The third kappa shape index (κ3) is 3.34. The molecule has 6 nitrogen and oxygen atoms in total. The highest BCUT2D eigenvalue weighted by Gasteiger charge is 2.27. The van der Waals surface area contributed by atoms with E-state index in [0.717, 1.165) is 29.9 Å². The first kappa shape index (κ1) is 16.8. The lowest BCUT2D eigenvalue weighted by Gasteiger charge is -2.15. The lowest BCUT2D eigenvalue weighted by atomic mass is 10.2. The first-order valence-electron chi connectivity index (χ1n) is 8.98. The van der Waals surface area contributed by atoms with Crippen molar-refractivity contribution >= 4 is 11.5 Å². The van der Waals surface area contributed by atoms with E-state index in [1.165, 1.54) is 0 Å². The van der Waals surface area contributed by atoms with E-state index in [4.69, 9.17) is 4.74 Å². The number of nitrogens with one attached hydrogen (secondary N) is 1. The summed E-state index contributed by atoms with van der Waals surface area (Å²) in [6, 6.07) is 5.38. The van der Waals surface area contributed by atoms with Crippen molar-refractivity contribution < 1.29 is 9.13 Å². The van der Waals surface area contributed by atoms with Crippen molar-refractivity contribution in [3.05, 3.63) is 36.8 Å². The van der Waals surface area contributed by atoms with E-state index in [1.807, 2.05) is 36.6 Å². The van der Waals surface area contributed by atoms with Crippen LogP contribution in [0.15, 0.2) is 36.8 Å². The van der Waals surface area contributed by atoms with Crippen molar-refractivity contribution in [3.63, 3.8) is 0 Å². The van der Waals surface area contributed by atoms with Crippen molar-refractivity contribution in [2.75, 3.05) is 5.32 Å².